The normalized spacial score (nSPS) is 21.8. The lowest BCUT2D eigenvalue weighted by Gasteiger charge is -2.43. The molecular formula is C19H24ClN5O. The third-order valence-electron chi connectivity index (χ3n) is 5.57. The minimum Gasteiger partial charge on any atom is -0.341 e. The number of rotatable bonds is 5. The van der Waals surface area contributed by atoms with Crippen molar-refractivity contribution < 1.29 is 4.79 Å². The van der Waals surface area contributed by atoms with Gasteiger partial charge in [0.25, 0.3) is 5.91 Å². The summed E-state index contributed by atoms with van der Waals surface area (Å²) in [4.78, 5) is 12.7. The largest absolute Gasteiger partial charge is 0.341 e. The molecule has 0 unspecified atom stereocenters. The number of piperidine rings is 1. The van der Waals surface area contributed by atoms with Crippen molar-refractivity contribution in [2.75, 3.05) is 13.1 Å². The van der Waals surface area contributed by atoms with Crippen LogP contribution in [-0.4, -0.2) is 34.0 Å². The number of hydrogen-bond acceptors (Lipinski definition) is 4. The Hall–Kier alpha value is -1.92. The summed E-state index contributed by atoms with van der Waals surface area (Å²) in [6, 6.07) is 7.73. The fourth-order valence-electron chi connectivity index (χ4n) is 3.90. The Morgan fingerprint density at radius 2 is 2.12 bits per heavy atom. The molecule has 26 heavy (non-hydrogen) atoms. The molecule has 0 spiro atoms. The first kappa shape index (κ1) is 17.5. The number of aromatic nitrogens is 3. The average Bonchev–Trinajstić information content (AvgIpc) is 3.08. The van der Waals surface area contributed by atoms with E-state index in [2.05, 4.69) is 20.9 Å². The van der Waals surface area contributed by atoms with Crippen LogP contribution in [0, 0.1) is 5.92 Å². The first-order valence-corrected chi connectivity index (χ1v) is 9.72. The molecule has 2 aromatic rings. The maximum atomic E-state index is 12.7. The van der Waals surface area contributed by atoms with E-state index in [4.69, 9.17) is 11.6 Å². The second-order valence-corrected chi connectivity index (χ2v) is 7.87. The van der Waals surface area contributed by atoms with Gasteiger partial charge in [-0.25, -0.2) is 0 Å². The van der Waals surface area contributed by atoms with Gasteiger partial charge >= 0.3 is 0 Å². The Kier molecular flexibility index (Phi) is 4.96. The monoisotopic (exact) mass is 373 g/mol. The van der Waals surface area contributed by atoms with Gasteiger partial charge in [-0.3, -0.25) is 9.48 Å². The van der Waals surface area contributed by atoms with Crippen molar-refractivity contribution in [2.24, 2.45) is 5.92 Å². The minimum atomic E-state index is -0.307. The Balaban J connectivity index is 1.43. The smallest absolute Gasteiger partial charge is 0.274 e. The van der Waals surface area contributed by atoms with Crippen molar-refractivity contribution in [3.8, 4) is 0 Å². The zero-order chi connectivity index (χ0) is 18.0. The van der Waals surface area contributed by atoms with Crippen LogP contribution in [0.25, 0.3) is 0 Å². The third kappa shape index (κ3) is 3.62. The maximum absolute atomic E-state index is 12.7. The van der Waals surface area contributed by atoms with Crippen LogP contribution < -0.4 is 10.6 Å². The molecule has 1 atom stereocenters. The molecule has 0 bridgehead atoms. The Morgan fingerprint density at radius 3 is 2.77 bits per heavy atom. The molecule has 1 aliphatic heterocycles. The van der Waals surface area contributed by atoms with Gasteiger partial charge in [-0.1, -0.05) is 28.9 Å². The fourth-order valence-corrected chi connectivity index (χ4v) is 4.03. The number of nitrogens with one attached hydrogen (secondary N) is 2. The molecule has 1 aliphatic carbocycles. The molecule has 1 aromatic heterocycles. The van der Waals surface area contributed by atoms with Crippen LogP contribution in [0.15, 0.2) is 30.5 Å². The van der Waals surface area contributed by atoms with Gasteiger partial charge in [0.05, 0.1) is 11.7 Å². The molecule has 2 aliphatic rings. The molecule has 4 rings (SSSR count). The molecule has 0 radical (unpaired) electrons. The highest BCUT2D eigenvalue weighted by atomic mass is 35.5. The highest BCUT2D eigenvalue weighted by molar-refractivity contribution is 6.30. The molecule has 2 heterocycles. The lowest BCUT2D eigenvalue weighted by Crippen LogP contribution is -2.50. The van der Waals surface area contributed by atoms with Crippen LogP contribution in [0.3, 0.4) is 0 Å². The van der Waals surface area contributed by atoms with Crippen LogP contribution in [0.1, 0.15) is 48.2 Å². The molecule has 1 amide bonds. The second-order valence-electron chi connectivity index (χ2n) is 7.43. The summed E-state index contributed by atoms with van der Waals surface area (Å²) >= 11 is 5.99. The van der Waals surface area contributed by atoms with Crippen LogP contribution in [0.4, 0.5) is 0 Å². The fraction of sp³-hybridized carbons (Fsp3) is 0.526. The van der Waals surface area contributed by atoms with E-state index in [1.165, 1.54) is 12.8 Å². The standard InChI is InChI=1S/C19H24ClN5O/c20-16-6-4-15(5-7-16)19(8-2-9-19)22-18(26)17-13-25(24-23-17)12-14-3-1-10-21-11-14/h4-7,13-14,21H,1-3,8-12H2,(H,22,26)/t14-/m1/s1. The van der Waals surface area contributed by atoms with Crippen molar-refractivity contribution in [2.45, 2.75) is 44.2 Å². The Bertz CT molecular complexity index is 762. The van der Waals surface area contributed by atoms with E-state index >= 15 is 0 Å². The number of carbonyl (C=O) groups is 1. The van der Waals surface area contributed by atoms with E-state index in [9.17, 15) is 4.79 Å². The van der Waals surface area contributed by atoms with Crippen molar-refractivity contribution >= 4 is 17.5 Å². The average molecular weight is 374 g/mol. The van der Waals surface area contributed by atoms with Crippen molar-refractivity contribution in [3.05, 3.63) is 46.7 Å². The van der Waals surface area contributed by atoms with Gasteiger partial charge in [-0.2, -0.15) is 0 Å². The van der Waals surface area contributed by atoms with Crippen molar-refractivity contribution in [1.82, 2.24) is 25.6 Å². The van der Waals surface area contributed by atoms with Gasteiger partial charge in [-0.05, 0) is 68.8 Å². The lowest BCUT2D eigenvalue weighted by molar-refractivity contribution is 0.0818. The predicted molar refractivity (Wildman–Crippen MR) is 100 cm³/mol. The predicted octanol–water partition coefficient (Wildman–Crippen LogP) is 2.74. The quantitative estimate of drug-likeness (QED) is 0.845. The first-order valence-electron chi connectivity index (χ1n) is 9.34. The van der Waals surface area contributed by atoms with E-state index in [1.54, 1.807) is 10.9 Å². The van der Waals surface area contributed by atoms with Crippen LogP contribution in [0.2, 0.25) is 5.02 Å². The van der Waals surface area contributed by atoms with Gasteiger partial charge in [0.1, 0.15) is 0 Å². The molecule has 1 aromatic carbocycles. The van der Waals surface area contributed by atoms with Crippen molar-refractivity contribution in [1.29, 1.82) is 0 Å². The highest BCUT2D eigenvalue weighted by Gasteiger charge is 2.40. The third-order valence-corrected chi connectivity index (χ3v) is 5.82. The Morgan fingerprint density at radius 1 is 1.31 bits per heavy atom. The summed E-state index contributed by atoms with van der Waals surface area (Å²) in [6.07, 6.45) is 7.11. The molecule has 1 saturated heterocycles. The summed E-state index contributed by atoms with van der Waals surface area (Å²) < 4.78 is 1.79. The topological polar surface area (TPSA) is 71.8 Å². The minimum absolute atomic E-state index is 0.160. The van der Waals surface area contributed by atoms with Gasteiger partial charge in [-0.15, -0.1) is 5.10 Å². The molecule has 1 saturated carbocycles. The molecule has 2 N–H and O–H groups in total. The van der Waals surface area contributed by atoms with Crippen LogP contribution in [0.5, 0.6) is 0 Å². The number of nitrogens with zero attached hydrogens (tertiary/aromatic N) is 3. The summed E-state index contributed by atoms with van der Waals surface area (Å²) in [5, 5.41) is 15.5. The van der Waals surface area contributed by atoms with Gasteiger partial charge < -0.3 is 10.6 Å². The number of amides is 1. The van der Waals surface area contributed by atoms with E-state index in [0.717, 1.165) is 44.5 Å². The molecular weight excluding hydrogens is 350 g/mol. The Labute approximate surface area is 158 Å². The SMILES string of the molecule is O=C(NC1(c2ccc(Cl)cc2)CCC1)c1cn(C[C@@H]2CCCNC2)nn1. The number of hydrogen-bond donors (Lipinski definition) is 2. The van der Waals surface area contributed by atoms with Crippen LogP contribution >= 0.6 is 11.6 Å². The van der Waals surface area contributed by atoms with E-state index < -0.39 is 0 Å². The number of benzene rings is 1. The maximum Gasteiger partial charge on any atom is 0.274 e. The zero-order valence-corrected chi connectivity index (χ0v) is 15.5. The summed E-state index contributed by atoms with van der Waals surface area (Å²) in [5.41, 5.74) is 1.18. The highest BCUT2D eigenvalue weighted by Crippen LogP contribution is 2.41. The van der Waals surface area contributed by atoms with Gasteiger partial charge in [0.2, 0.25) is 0 Å². The lowest BCUT2D eigenvalue weighted by atomic mass is 9.71. The number of halogens is 1. The summed E-state index contributed by atoms with van der Waals surface area (Å²) in [7, 11) is 0. The summed E-state index contributed by atoms with van der Waals surface area (Å²) in [5.74, 6) is 0.390. The molecule has 7 heteroatoms. The van der Waals surface area contributed by atoms with Crippen molar-refractivity contribution in [3.63, 3.8) is 0 Å². The molecule has 2 fully saturated rings. The van der Waals surface area contributed by atoms with Crippen LogP contribution in [-0.2, 0) is 12.1 Å². The second kappa shape index (κ2) is 7.37. The number of carbonyl (C=O) groups excluding carboxylic acids is 1. The van der Waals surface area contributed by atoms with E-state index in [-0.39, 0.29) is 11.4 Å². The first-order chi connectivity index (χ1) is 12.6. The summed E-state index contributed by atoms with van der Waals surface area (Å²) in [6.45, 7) is 2.89. The molecule has 6 nitrogen and oxygen atoms in total. The van der Waals surface area contributed by atoms with E-state index in [0.29, 0.717) is 16.6 Å². The van der Waals surface area contributed by atoms with Gasteiger partial charge in [0, 0.05) is 11.6 Å². The van der Waals surface area contributed by atoms with E-state index in [1.807, 2.05) is 24.3 Å². The zero-order valence-electron chi connectivity index (χ0n) is 14.7. The van der Waals surface area contributed by atoms with Gasteiger partial charge in [0.15, 0.2) is 5.69 Å². The molecule has 138 valence electrons.